The molecule has 4 heterocycles. The van der Waals surface area contributed by atoms with E-state index in [9.17, 15) is 20.8 Å². The number of ether oxygens (including phenoxy) is 2. The van der Waals surface area contributed by atoms with E-state index in [0.717, 1.165) is 12.1 Å². The Labute approximate surface area is 348 Å². The second-order valence-electron chi connectivity index (χ2n) is 7.88. The van der Waals surface area contributed by atoms with Gasteiger partial charge in [-0.2, -0.15) is 40.4 Å². The molecule has 2 aromatic heterocycles. The molecule has 52 heavy (non-hydrogen) atoms. The molecule has 0 atom stereocenters. The van der Waals surface area contributed by atoms with Crippen molar-refractivity contribution in [2.75, 3.05) is 111 Å². The monoisotopic (exact) mass is 938 g/mol. The number of morpholine rings is 2. The molecule has 0 radical (unpaired) electrons. The first-order valence-corrected chi connectivity index (χ1v) is 11.9. The molecule has 28 nitrogen and oxygen atoms in total. The molecule has 0 aromatic carbocycles. The van der Waals surface area contributed by atoms with Crippen LogP contribution in [0.4, 0.5) is 35.7 Å². The van der Waals surface area contributed by atoms with Crippen LogP contribution in [0.15, 0.2) is 0 Å². The van der Waals surface area contributed by atoms with Crippen molar-refractivity contribution >= 4 is 35.7 Å². The van der Waals surface area contributed by atoms with E-state index in [1.165, 1.54) is 28.2 Å². The fourth-order valence-corrected chi connectivity index (χ4v) is 3.06. The third-order valence-electron chi connectivity index (χ3n) is 4.91. The average Bonchev–Trinajstić information content (AvgIpc) is 3.19. The summed E-state index contributed by atoms with van der Waals surface area (Å²) in [6.07, 6.45) is 0. The van der Waals surface area contributed by atoms with E-state index in [2.05, 4.69) is 40.9 Å². The Bertz CT molecular complexity index is 1300. The van der Waals surface area contributed by atoms with Crippen molar-refractivity contribution < 1.29 is 104 Å². The Balaban J connectivity index is -0.0000000760. The second-order valence-corrected chi connectivity index (χ2v) is 7.88. The van der Waals surface area contributed by atoms with E-state index in [1.807, 2.05) is 20.8 Å². The van der Waals surface area contributed by atoms with Crippen LogP contribution in [0, 0.1) is 43.5 Å². The van der Waals surface area contributed by atoms with Crippen LogP contribution in [-0.4, -0.2) is 133 Å². The number of hydroxylamine groups is 4. The van der Waals surface area contributed by atoms with E-state index in [-0.39, 0.29) is 87.8 Å². The zero-order valence-electron chi connectivity index (χ0n) is 41.5. The minimum atomic E-state index is -2.40. The summed E-state index contributed by atoms with van der Waals surface area (Å²) in [4.78, 5) is 27.4. The number of hydrogen-bond acceptors (Lipinski definition) is 20. The number of nitrogens with zero attached hydrogens (tertiary/aromatic N) is 14. The van der Waals surface area contributed by atoms with E-state index < -0.39 is 13.7 Å². The molecular formula is C22H44Mo2N14O14-10. The van der Waals surface area contributed by atoms with Gasteiger partial charge in [-0.25, -0.2) is 0 Å². The molecule has 0 aliphatic carbocycles. The van der Waals surface area contributed by atoms with E-state index in [4.69, 9.17) is 39.7 Å². The van der Waals surface area contributed by atoms with Crippen LogP contribution in [0.1, 0.15) is 21.9 Å². The molecule has 10 N–H and O–H groups in total. The summed E-state index contributed by atoms with van der Waals surface area (Å²) in [5.74, 6) is 0.328. The van der Waals surface area contributed by atoms with Crippen molar-refractivity contribution in [3.63, 3.8) is 0 Å². The van der Waals surface area contributed by atoms with Crippen molar-refractivity contribution in [2.24, 2.45) is 0 Å². The summed E-state index contributed by atoms with van der Waals surface area (Å²) in [5, 5.41) is 62.2. The summed E-state index contributed by atoms with van der Waals surface area (Å²) in [5.41, 5.74) is 9.50. The van der Waals surface area contributed by atoms with Crippen LogP contribution in [0.25, 0.3) is 0 Å². The van der Waals surface area contributed by atoms with Gasteiger partial charge in [0.2, 0.25) is 41.4 Å². The maximum absolute atomic E-state index is 11.3. The molecule has 30 heteroatoms. The van der Waals surface area contributed by atoms with Crippen LogP contribution in [0.5, 0.6) is 0 Å². The zero-order chi connectivity index (χ0) is 47.5. The Morgan fingerprint density at radius 2 is 0.827 bits per heavy atom. The molecule has 4 rings (SSSR count). The second kappa shape index (κ2) is 40.4. The van der Waals surface area contributed by atoms with Gasteiger partial charge >= 0.3 is 5.72 Å². The van der Waals surface area contributed by atoms with Crippen LogP contribution in [0.3, 0.4) is 0 Å². The van der Waals surface area contributed by atoms with E-state index in [0.29, 0.717) is 84.8 Å². The maximum atomic E-state index is 11.3. The third kappa shape index (κ3) is 26.4. The van der Waals surface area contributed by atoms with Crippen molar-refractivity contribution in [3.05, 3.63) is 20.8 Å². The van der Waals surface area contributed by atoms with Crippen molar-refractivity contribution in [2.45, 2.75) is 13.7 Å². The molecular weight excluding hydrogens is 876 g/mol. The molecule has 2 aliphatic rings. The van der Waals surface area contributed by atoms with Crippen molar-refractivity contribution in [1.29, 1.82) is 22.0 Å². The number of hydrogen-bond donors (Lipinski definition) is 0. The summed E-state index contributed by atoms with van der Waals surface area (Å²) in [6.45, 7) is -0.0642. The quantitative estimate of drug-likeness (QED) is 0.152. The minimum absolute atomic E-state index is 0. The van der Waals surface area contributed by atoms with Gasteiger partial charge in [-0.3, -0.25) is 0 Å². The van der Waals surface area contributed by atoms with Crippen LogP contribution >= 0.6 is 0 Å². The molecule has 0 bridgehead atoms. The first-order chi connectivity index (χ1) is 27.9. The topological polar surface area (TPSA) is 498 Å². The van der Waals surface area contributed by atoms with Gasteiger partial charge < -0.3 is 104 Å². The van der Waals surface area contributed by atoms with Crippen LogP contribution < -0.4 is 30.1 Å². The Morgan fingerprint density at radius 3 is 0.981 bits per heavy atom. The SMILES string of the molecule is CN([O-])c1nc(N(C)[O-])nc(N2CCOCC2)n1.CN([O-])c1nc(N(C)[O-])nc(N2CCOCC2)n1.[2H]C([2H])([2H])C#N.[2H]C([2H])([2H])C#N.[2H]O[2H].[2H]O[2H].[2H][OH+][2H].[2H][OH+][2H].[Mo].[Mo].[O-2].[O-2].[O-2].[O-2]. The number of anilines is 6. The molecule has 2 aliphatic heterocycles. The van der Waals surface area contributed by atoms with Gasteiger partial charge in [-0.05, 0) is 28.2 Å². The van der Waals surface area contributed by atoms with Crippen LogP contribution in [-0.2, 0) is 84.5 Å². The van der Waals surface area contributed by atoms with Gasteiger partial charge in [0.25, 0.3) is 0 Å². The first kappa shape index (κ1) is 39.8. The molecule has 0 spiro atoms. The predicted octanol–water partition coefficient (Wildman–Crippen LogP) is -3.76. The van der Waals surface area contributed by atoms with Gasteiger partial charge in [0, 0.05) is 90.2 Å². The molecule has 2 fully saturated rings. The Hall–Kier alpha value is -3.38. The molecule has 308 valence electrons. The molecule has 0 amide bonds. The average molecular weight is 935 g/mol. The summed E-state index contributed by atoms with van der Waals surface area (Å²) < 4.78 is 90.9. The molecule has 2 aromatic rings. The number of nitriles is 2. The van der Waals surface area contributed by atoms with Gasteiger partial charge in [-0.1, -0.05) is 0 Å². The predicted molar refractivity (Wildman–Crippen MR) is 175 cm³/mol. The number of rotatable bonds is 6. The zero-order valence-corrected chi connectivity index (χ0v) is 31.5. The van der Waals surface area contributed by atoms with Gasteiger partial charge in [0.05, 0.1) is 38.6 Å². The first-order valence-electron chi connectivity index (χ1n) is 18.3. The third-order valence-corrected chi connectivity index (χ3v) is 4.91. The fraction of sp³-hybridized carbons (Fsp3) is 0.636. The Kier molecular flexibility index (Phi) is 30.9. The van der Waals surface area contributed by atoms with E-state index >= 15 is 0 Å². The Morgan fingerprint density at radius 1 is 0.635 bits per heavy atom. The largest absolute Gasteiger partial charge is 2.00 e. The smallest absolute Gasteiger partial charge is 0.486 e. The van der Waals surface area contributed by atoms with Crippen LogP contribution in [0.2, 0.25) is 0 Å². The minimum Gasteiger partial charge on any atom is -2.00 e. The summed E-state index contributed by atoms with van der Waals surface area (Å²) in [6, 6.07) is 2.21. The molecule has 2 saturated heterocycles. The van der Waals surface area contributed by atoms with Crippen molar-refractivity contribution in [1.82, 2.24) is 29.9 Å². The normalized spacial score (nSPS) is 14.9. The van der Waals surface area contributed by atoms with Gasteiger partial charge in [0.15, 0.2) is 0 Å². The summed E-state index contributed by atoms with van der Waals surface area (Å²) >= 11 is 0. The standard InChI is InChI=1S/2C9H14N6O3.2C2H3N.2Mo.4H2O.4O/c2*1-13(16)7-10-8(14(2)17)12-9(11-7)15-3-5-18-6-4-15;2*1-2-3;;;;;;;;;;/h2*3-6H2,1-2H3;2*1H3;;;4*1H2;;;;/q2*-2;;;;;;;;;4*-2/p+2/i;;2*1D3;;;;;;;;;;/hD8. The van der Waals surface area contributed by atoms with Gasteiger partial charge in [0.1, 0.15) is 0 Å². The molecule has 0 unspecified atom stereocenters. The van der Waals surface area contributed by atoms with E-state index in [1.54, 1.807) is 0 Å². The molecule has 0 saturated carbocycles. The fourth-order valence-electron chi connectivity index (χ4n) is 3.06. The van der Waals surface area contributed by atoms with Crippen molar-refractivity contribution in [3.8, 4) is 12.1 Å². The maximum Gasteiger partial charge on any atom is 0.486 e. The summed E-state index contributed by atoms with van der Waals surface area (Å²) in [7, 11) is 5.08. The number of aromatic nitrogens is 6. The van der Waals surface area contributed by atoms with Gasteiger partial charge in [-0.15, -0.1) is 0 Å².